The van der Waals surface area contributed by atoms with Crippen LogP contribution in [-0.4, -0.2) is 34.8 Å². The SMILES string of the molecule is CCCCC(=O)N(CCC)Cc1nc(C(=O)NCCC)cs1. The molecule has 0 aliphatic heterocycles. The Morgan fingerprint density at radius 3 is 2.64 bits per heavy atom. The summed E-state index contributed by atoms with van der Waals surface area (Å²) in [5.41, 5.74) is 0.450. The predicted molar refractivity (Wildman–Crippen MR) is 90.0 cm³/mol. The van der Waals surface area contributed by atoms with E-state index in [4.69, 9.17) is 0 Å². The topological polar surface area (TPSA) is 62.3 Å². The van der Waals surface area contributed by atoms with E-state index in [1.54, 1.807) is 5.38 Å². The van der Waals surface area contributed by atoms with Crippen molar-refractivity contribution in [3.05, 3.63) is 16.1 Å². The highest BCUT2D eigenvalue weighted by Crippen LogP contribution is 2.14. The Bertz CT molecular complexity index is 474. The lowest BCUT2D eigenvalue weighted by molar-refractivity contribution is -0.132. The maximum atomic E-state index is 12.2. The van der Waals surface area contributed by atoms with Gasteiger partial charge in [-0.05, 0) is 19.3 Å². The number of amides is 2. The highest BCUT2D eigenvalue weighted by Gasteiger charge is 2.16. The van der Waals surface area contributed by atoms with Crippen LogP contribution in [0.1, 0.15) is 68.4 Å². The van der Waals surface area contributed by atoms with Crippen LogP contribution in [-0.2, 0) is 11.3 Å². The Labute approximate surface area is 137 Å². The summed E-state index contributed by atoms with van der Waals surface area (Å²) in [6, 6.07) is 0. The van der Waals surface area contributed by atoms with Crippen molar-refractivity contribution in [3.63, 3.8) is 0 Å². The smallest absolute Gasteiger partial charge is 0.270 e. The summed E-state index contributed by atoms with van der Waals surface area (Å²) in [5, 5.41) is 5.40. The van der Waals surface area contributed by atoms with Gasteiger partial charge >= 0.3 is 0 Å². The minimum Gasteiger partial charge on any atom is -0.351 e. The molecule has 22 heavy (non-hydrogen) atoms. The second kappa shape index (κ2) is 10.3. The molecule has 6 heteroatoms. The Hall–Kier alpha value is -1.43. The third-order valence-electron chi connectivity index (χ3n) is 3.24. The monoisotopic (exact) mass is 325 g/mol. The lowest BCUT2D eigenvalue weighted by Crippen LogP contribution is -2.31. The Kier molecular flexibility index (Phi) is 8.74. The first-order chi connectivity index (χ1) is 10.6. The van der Waals surface area contributed by atoms with Crippen molar-refractivity contribution in [1.82, 2.24) is 15.2 Å². The van der Waals surface area contributed by atoms with Crippen molar-refractivity contribution >= 4 is 23.2 Å². The van der Waals surface area contributed by atoms with Crippen LogP contribution in [0.15, 0.2) is 5.38 Å². The Balaban J connectivity index is 2.64. The number of nitrogens with one attached hydrogen (secondary N) is 1. The minimum absolute atomic E-state index is 0.135. The number of nitrogens with zero attached hydrogens (tertiary/aromatic N) is 2. The zero-order chi connectivity index (χ0) is 16.4. The summed E-state index contributed by atoms with van der Waals surface area (Å²) in [7, 11) is 0. The molecule has 124 valence electrons. The number of aromatic nitrogens is 1. The van der Waals surface area contributed by atoms with Crippen LogP contribution >= 0.6 is 11.3 Å². The highest BCUT2D eigenvalue weighted by molar-refractivity contribution is 7.09. The molecule has 1 rings (SSSR count). The molecule has 0 bridgehead atoms. The lowest BCUT2D eigenvalue weighted by Gasteiger charge is -2.20. The number of hydrogen-bond donors (Lipinski definition) is 1. The van der Waals surface area contributed by atoms with E-state index in [1.807, 2.05) is 11.8 Å². The maximum Gasteiger partial charge on any atom is 0.270 e. The summed E-state index contributed by atoms with van der Waals surface area (Å²) in [4.78, 5) is 30.3. The molecular formula is C16H27N3O2S. The van der Waals surface area contributed by atoms with Crippen LogP contribution in [0.5, 0.6) is 0 Å². The molecule has 5 nitrogen and oxygen atoms in total. The normalized spacial score (nSPS) is 10.5. The van der Waals surface area contributed by atoms with Crippen LogP contribution < -0.4 is 5.32 Å². The van der Waals surface area contributed by atoms with Gasteiger partial charge in [-0.2, -0.15) is 0 Å². The van der Waals surface area contributed by atoms with E-state index in [-0.39, 0.29) is 11.8 Å². The fraction of sp³-hybridized carbons (Fsp3) is 0.688. The summed E-state index contributed by atoms with van der Waals surface area (Å²) in [5.74, 6) is 0.0413. The fourth-order valence-electron chi connectivity index (χ4n) is 2.03. The molecule has 1 aromatic heterocycles. The zero-order valence-electron chi connectivity index (χ0n) is 13.9. The molecular weight excluding hydrogens is 298 g/mol. The second-order valence-corrected chi connectivity index (χ2v) is 6.24. The van der Waals surface area contributed by atoms with E-state index in [9.17, 15) is 9.59 Å². The average Bonchev–Trinajstić information content (AvgIpc) is 2.98. The van der Waals surface area contributed by atoms with E-state index in [2.05, 4.69) is 24.1 Å². The third-order valence-corrected chi connectivity index (χ3v) is 4.07. The summed E-state index contributed by atoms with van der Waals surface area (Å²) < 4.78 is 0. The molecule has 1 heterocycles. The van der Waals surface area contributed by atoms with Gasteiger partial charge in [0.2, 0.25) is 5.91 Å². The standard InChI is InChI=1S/C16H27N3O2S/c1-4-7-8-15(20)19(10-6-3)11-14-18-13(12-22-14)16(21)17-9-5-2/h12H,4-11H2,1-3H3,(H,17,21). The zero-order valence-corrected chi connectivity index (χ0v) is 14.7. The van der Waals surface area contributed by atoms with Crippen molar-refractivity contribution in [2.24, 2.45) is 0 Å². The van der Waals surface area contributed by atoms with E-state index >= 15 is 0 Å². The molecule has 0 atom stereocenters. The first kappa shape index (κ1) is 18.6. The van der Waals surface area contributed by atoms with Gasteiger partial charge in [0.25, 0.3) is 5.91 Å². The summed E-state index contributed by atoms with van der Waals surface area (Å²) >= 11 is 1.44. The molecule has 0 aromatic carbocycles. The Morgan fingerprint density at radius 2 is 2.00 bits per heavy atom. The third kappa shape index (κ3) is 6.13. The molecule has 0 saturated carbocycles. The molecule has 0 aliphatic carbocycles. The van der Waals surface area contributed by atoms with E-state index in [0.717, 1.165) is 37.2 Å². The van der Waals surface area contributed by atoms with Gasteiger partial charge in [-0.3, -0.25) is 9.59 Å². The van der Waals surface area contributed by atoms with Gasteiger partial charge < -0.3 is 10.2 Å². The van der Waals surface area contributed by atoms with Crippen molar-refractivity contribution in [3.8, 4) is 0 Å². The maximum absolute atomic E-state index is 12.2. The van der Waals surface area contributed by atoms with Crippen LogP contribution in [0, 0.1) is 0 Å². The molecule has 0 aliphatic rings. The predicted octanol–water partition coefficient (Wildman–Crippen LogP) is 3.21. The fourth-order valence-corrected chi connectivity index (χ4v) is 2.82. The van der Waals surface area contributed by atoms with Crippen molar-refractivity contribution < 1.29 is 9.59 Å². The lowest BCUT2D eigenvalue weighted by atomic mass is 10.2. The number of hydrogen-bond acceptors (Lipinski definition) is 4. The van der Waals surface area contributed by atoms with Gasteiger partial charge in [-0.25, -0.2) is 4.98 Å². The molecule has 2 amide bonds. The van der Waals surface area contributed by atoms with Crippen LogP contribution in [0.25, 0.3) is 0 Å². The van der Waals surface area contributed by atoms with Gasteiger partial charge in [-0.1, -0.05) is 27.2 Å². The average molecular weight is 325 g/mol. The number of carbonyl (C=O) groups excluding carboxylic acids is 2. The second-order valence-electron chi connectivity index (χ2n) is 5.30. The van der Waals surface area contributed by atoms with Gasteiger partial charge in [0, 0.05) is 24.9 Å². The number of rotatable bonds is 10. The molecule has 0 saturated heterocycles. The molecule has 0 spiro atoms. The van der Waals surface area contributed by atoms with Gasteiger partial charge in [0.05, 0.1) is 6.54 Å². The largest absolute Gasteiger partial charge is 0.351 e. The van der Waals surface area contributed by atoms with Crippen molar-refractivity contribution in [2.75, 3.05) is 13.1 Å². The van der Waals surface area contributed by atoms with Crippen LogP contribution in [0.4, 0.5) is 0 Å². The van der Waals surface area contributed by atoms with E-state index in [1.165, 1.54) is 11.3 Å². The molecule has 0 unspecified atom stereocenters. The van der Waals surface area contributed by atoms with E-state index in [0.29, 0.717) is 25.2 Å². The molecule has 0 fully saturated rings. The first-order valence-corrected chi connectivity index (χ1v) is 9.00. The first-order valence-electron chi connectivity index (χ1n) is 8.12. The van der Waals surface area contributed by atoms with Gasteiger partial charge in [0.1, 0.15) is 10.7 Å². The van der Waals surface area contributed by atoms with Gasteiger partial charge in [0.15, 0.2) is 0 Å². The quantitative estimate of drug-likeness (QED) is 0.718. The Morgan fingerprint density at radius 1 is 1.23 bits per heavy atom. The number of unbranched alkanes of at least 4 members (excludes halogenated alkanes) is 1. The summed E-state index contributed by atoms with van der Waals surface area (Å²) in [6.07, 6.45) is 4.35. The number of thiazole rings is 1. The molecule has 1 aromatic rings. The molecule has 1 N–H and O–H groups in total. The number of carbonyl (C=O) groups is 2. The van der Waals surface area contributed by atoms with Crippen LogP contribution in [0.2, 0.25) is 0 Å². The molecule has 0 radical (unpaired) electrons. The van der Waals surface area contributed by atoms with Crippen molar-refractivity contribution in [1.29, 1.82) is 0 Å². The minimum atomic E-state index is -0.135. The highest BCUT2D eigenvalue weighted by atomic mass is 32.1. The van der Waals surface area contributed by atoms with Crippen molar-refractivity contribution in [2.45, 2.75) is 59.4 Å². The van der Waals surface area contributed by atoms with Gasteiger partial charge in [-0.15, -0.1) is 11.3 Å². The summed E-state index contributed by atoms with van der Waals surface area (Å²) in [6.45, 7) is 8.05. The van der Waals surface area contributed by atoms with E-state index < -0.39 is 0 Å². The van der Waals surface area contributed by atoms with Crippen LogP contribution in [0.3, 0.4) is 0 Å².